The lowest BCUT2D eigenvalue weighted by atomic mass is 10.2. The van der Waals surface area contributed by atoms with Crippen molar-refractivity contribution >= 4 is 5.91 Å². The van der Waals surface area contributed by atoms with Crippen molar-refractivity contribution in [2.45, 2.75) is 19.6 Å². The number of para-hydroxylation sites is 1. The summed E-state index contributed by atoms with van der Waals surface area (Å²) < 4.78 is 24.7. The van der Waals surface area contributed by atoms with E-state index in [0.29, 0.717) is 19.7 Å². The van der Waals surface area contributed by atoms with Gasteiger partial charge in [-0.3, -0.25) is 9.69 Å². The van der Waals surface area contributed by atoms with E-state index in [-0.39, 0.29) is 17.5 Å². The van der Waals surface area contributed by atoms with E-state index in [9.17, 15) is 9.18 Å². The summed E-state index contributed by atoms with van der Waals surface area (Å²) >= 11 is 0. The summed E-state index contributed by atoms with van der Waals surface area (Å²) in [6, 6.07) is 9.58. The van der Waals surface area contributed by atoms with Crippen LogP contribution in [-0.4, -0.2) is 48.1 Å². The minimum atomic E-state index is -0.459. The molecule has 1 aliphatic rings. The molecule has 2 heterocycles. The van der Waals surface area contributed by atoms with Crippen LogP contribution < -0.4 is 10.1 Å². The topological polar surface area (TPSA) is 63.7 Å². The molecule has 1 fully saturated rings. The number of pyridine rings is 1. The van der Waals surface area contributed by atoms with Crippen molar-refractivity contribution in [3.8, 4) is 11.6 Å². The molecule has 1 aromatic carbocycles. The molecule has 6 nitrogen and oxygen atoms in total. The fourth-order valence-electron chi connectivity index (χ4n) is 2.71. The Morgan fingerprint density at radius 3 is 3.08 bits per heavy atom. The summed E-state index contributed by atoms with van der Waals surface area (Å²) in [6.07, 6.45) is 1.10. The van der Waals surface area contributed by atoms with Gasteiger partial charge in [0, 0.05) is 31.9 Å². The molecule has 1 N–H and O–H groups in total. The van der Waals surface area contributed by atoms with Gasteiger partial charge in [-0.1, -0.05) is 19.1 Å². The second-order valence-electron chi connectivity index (χ2n) is 6.01. The summed E-state index contributed by atoms with van der Waals surface area (Å²) in [7, 11) is 0. The average molecular weight is 359 g/mol. The molecule has 7 heteroatoms. The first-order chi connectivity index (χ1) is 12.7. The number of aromatic nitrogens is 1. The second kappa shape index (κ2) is 8.73. The van der Waals surface area contributed by atoms with Crippen LogP contribution in [0.15, 0.2) is 42.6 Å². The first kappa shape index (κ1) is 18.3. The van der Waals surface area contributed by atoms with Gasteiger partial charge in [-0.15, -0.1) is 0 Å². The maximum absolute atomic E-state index is 13.7. The Morgan fingerprint density at radius 2 is 2.27 bits per heavy atom. The van der Waals surface area contributed by atoms with Gasteiger partial charge in [-0.2, -0.15) is 0 Å². The zero-order valence-electron chi connectivity index (χ0n) is 14.7. The number of carbonyl (C=O) groups excluding carboxylic acids is 1. The molecule has 1 aliphatic heterocycles. The molecule has 138 valence electrons. The second-order valence-corrected chi connectivity index (χ2v) is 6.01. The van der Waals surface area contributed by atoms with Gasteiger partial charge >= 0.3 is 0 Å². The van der Waals surface area contributed by atoms with Crippen molar-refractivity contribution in [1.82, 2.24) is 15.2 Å². The number of carbonyl (C=O) groups is 1. The van der Waals surface area contributed by atoms with Crippen molar-refractivity contribution in [3.05, 3.63) is 54.0 Å². The van der Waals surface area contributed by atoms with Gasteiger partial charge in [0.25, 0.3) is 5.91 Å². The fourth-order valence-corrected chi connectivity index (χ4v) is 2.71. The molecule has 0 aliphatic carbocycles. The Morgan fingerprint density at radius 1 is 1.42 bits per heavy atom. The standard InChI is InChI=1S/C19H22FN3O3/c1-2-23-9-10-25-17(13-23)19(24)22-12-14-7-8-21-18(11-14)26-16-6-4-3-5-15(16)20/h3-8,11,17H,2,9-10,12-13H2,1H3,(H,22,24). The van der Waals surface area contributed by atoms with E-state index in [0.717, 1.165) is 18.7 Å². The quantitative estimate of drug-likeness (QED) is 0.858. The smallest absolute Gasteiger partial charge is 0.250 e. The lowest BCUT2D eigenvalue weighted by Gasteiger charge is -2.31. The van der Waals surface area contributed by atoms with E-state index < -0.39 is 11.9 Å². The molecule has 0 bridgehead atoms. The minimum absolute atomic E-state index is 0.108. The van der Waals surface area contributed by atoms with Crippen LogP contribution in [0.2, 0.25) is 0 Å². The molecule has 0 saturated carbocycles. The van der Waals surface area contributed by atoms with Gasteiger partial charge in [0.15, 0.2) is 11.6 Å². The molecule has 1 unspecified atom stereocenters. The monoisotopic (exact) mass is 359 g/mol. The van der Waals surface area contributed by atoms with Gasteiger partial charge in [-0.25, -0.2) is 9.37 Å². The van der Waals surface area contributed by atoms with Crippen LogP contribution in [0, 0.1) is 5.82 Å². The highest BCUT2D eigenvalue weighted by Gasteiger charge is 2.25. The van der Waals surface area contributed by atoms with E-state index >= 15 is 0 Å². The summed E-state index contributed by atoms with van der Waals surface area (Å²) in [5.74, 6) is -0.219. The number of likely N-dealkylation sites (N-methyl/N-ethyl adjacent to an activating group) is 1. The fraction of sp³-hybridized carbons (Fsp3) is 0.368. The zero-order valence-corrected chi connectivity index (χ0v) is 14.7. The first-order valence-corrected chi connectivity index (χ1v) is 8.64. The van der Waals surface area contributed by atoms with Crippen molar-refractivity contribution < 1.29 is 18.7 Å². The van der Waals surface area contributed by atoms with E-state index in [2.05, 4.69) is 22.1 Å². The van der Waals surface area contributed by atoms with Crippen LogP contribution in [0.5, 0.6) is 11.6 Å². The Balaban J connectivity index is 1.57. The van der Waals surface area contributed by atoms with Crippen LogP contribution >= 0.6 is 0 Å². The Kier molecular flexibility index (Phi) is 6.14. The predicted molar refractivity (Wildman–Crippen MR) is 94.4 cm³/mol. The number of nitrogens with one attached hydrogen (secondary N) is 1. The number of ether oxygens (including phenoxy) is 2. The molecule has 0 radical (unpaired) electrons. The largest absolute Gasteiger partial charge is 0.436 e. The summed E-state index contributed by atoms with van der Waals surface area (Å²) in [5, 5.41) is 2.87. The molecular formula is C19H22FN3O3. The number of morpholine rings is 1. The summed E-state index contributed by atoms with van der Waals surface area (Å²) in [5.41, 5.74) is 0.808. The normalized spacial score (nSPS) is 17.7. The highest BCUT2D eigenvalue weighted by Crippen LogP contribution is 2.22. The molecule has 1 amide bonds. The number of rotatable bonds is 6. The van der Waals surface area contributed by atoms with Crippen LogP contribution in [0.25, 0.3) is 0 Å². The van der Waals surface area contributed by atoms with E-state index in [1.807, 2.05) is 0 Å². The zero-order chi connectivity index (χ0) is 18.4. The number of hydrogen-bond acceptors (Lipinski definition) is 5. The third-order valence-electron chi connectivity index (χ3n) is 4.21. The van der Waals surface area contributed by atoms with E-state index in [1.54, 1.807) is 30.5 Å². The maximum Gasteiger partial charge on any atom is 0.250 e. The number of hydrogen-bond donors (Lipinski definition) is 1. The molecular weight excluding hydrogens is 337 g/mol. The minimum Gasteiger partial charge on any atom is -0.436 e. The highest BCUT2D eigenvalue weighted by molar-refractivity contribution is 5.81. The Bertz CT molecular complexity index is 756. The highest BCUT2D eigenvalue weighted by atomic mass is 19.1. The number of amides is 1. The van der Waals surface area contributed by atoms with Gasteiger partial charge < -0.3 is 14.8 Å². The van der Waals surface area contributed by atoms with Crippen molar-refractivity contribution in [1.29, 1.82) is 0 Å². The third kappa shape index (κ3) is 4.77. The van der Waals surface area contributed by atoms with Gasteiger partial charge in [0.1, 0.15) is 6.10 Å². The maximum atomic E-state index is 13.7. The number of halogens is 1. The first-order valence-electron chi connectivity index (χ1n) is 8.64. The SMILES string of the molecule is CCN1CCOC(C(=O)NCc2ccnc(Oc3ccccc3F)c2)C1. The molecule has 1 aromatic heterocycles. The van der Waals surface area contributed by atoms with Gasteiger partial charge in [0.2, 0.25) is 5.88 Å². The van der Waals surface area contributed by atoms with Crippen molar-refractivity contribution in [3.63, 3.8) is 0 Å². The molecule has 3 rings (SSSR count). The van der Waals surface area contributed by atoms with E-state index in [1.165, 1.54) is 12.1 Å². The van der Waals surface area contributed by atoms with E-state index in [4.69, 9.17) is 9.47 Å². The van der Waals surface area contributed by atoms with Gasteiger partial charge in [0.05, 0.1) is 6.61 Å². The van der Waals surface area contributed by atoms with Crippen LogP contribution in [0.1, 0.15) is 12.5 Å². The van der Waals surface area contributed by atoms with Crippen molar-refractivity contribution in [2.75, 3.05) is 26.2 Å². The number of nitrogens with zero attached hydrogens (tertiary/aromatic N) is 2. The average Bonchev–Trinajstić information content (AvgIpc) is 2.68. The molecule has 0 spiro atoms. The third-order valence-corrected chi connectivity index (χ3v) is 4.21. The Hall–Kier alpha value is -2.51. The molecule has 1 saturated heterocycles. The summed E-state index contributed by atoms with van der Waals surface area (Å²) in [4.78, 5) is 18.6. The Labute approximate surface area is 151 Å². The van der Waals surface area contributed by atoms with Crippen molar-refractivity contribution in [2.24, 2.45) is 0 Å². The van der Waals surface area contributed by atoms with Crippen LogP contribution in [0.3, 0.4) is 0 Å². The lowest BCUT2D eigenvalue weighted by Crippen LogP contribution is -2.49. The van der Waals surface area contributed by atoms with Crippen LogP contribution in [0.4, 0.5) is 4.39 Å². The molecule has 2 aromatic rings. The van der Waals surface area contributed by atoms with Crippen LogP contribution in [-0.2, 0) is 16.1 Å². The van der Waals surface area contributed by atoms with Gasteiger partial charge in [-0.05, 0) is 30.3 Å². The molecule has 26 heavy (non-hydrogen) atoms. The predicted octanol–water partition coefficient (Wildman–Crippen LogP) is 2.35. The summed E-state index contributed by atoms with van der Waals surface area (Å²) in [6.45, 7) is 5.28. The number of benzene rings is 1. The molecule has 1 atom stereocenters. The lowest BCUT2D eigenvalue weighted by molar-refractivity contribution is -0.138.